The lowest BCUT2D eigenvalue weighted by atomic mass is 10.1. The number of aromatic carboxylic acids is 1. The van der Waals surface area contributed by atoms with Gasteiger partial charge in [-0.15, -0.1) is 0 Å². The number of aliphatic hydroxyl groups excluding tert-OH is 2. The summed E-state index contributed by atoms with van der Waals surface area (Å²) >= 11 is 6.70. The number of carbonyl (C=O) groups excluding carboxylic acids is 3. The Bertz CT molecular complexity index is 2470. The molecule has 2 aromatic heterocycles. The lowest BCUT2D eigenvalue weighted by Gasteiger charge is -2.24. The number of nitrogens with zero attached hydrogens (tertiary/aromatic N) is 4. The number of carboxylic acids is 1. The Kier molecular flexibility index (Phi) is 20.5. The van der Waals surface area contributed by atoms with Crippen molar-refractivity contribution >= 4 is 55.7 Å². The van der Waals surface area contributed by atoms with E-state index in [1.807, 2.05) is 48.5 Å². The van der Waals surface area contributed by atoms with Crippen LogP contribution < -0.4 is 11.3 Å². The zero-order valence-corrected chi connectivity index (χ0v) is 37.9. The van der Waals surface area contributed by atoms with Crippen LogP contribution in [-0.4, -0.2) is 98.0 Å². The second kappa shape index (κ2) is 25.9. The van der Waals surface area contributed by atoms with E-state index < -0.39 is 47.7 Å². The van der Waals surface area contributed by atoms with Gasteiger partial charge in [-0.25, -0.2) is 33.2 Å². The number of ether oxygens (including phenoxy) is 2. The minimum atomic E-state index is -1.48. The fourth-order valence-electron chi connectivity index (χ4n) is 5.45. The van der Waals surface area contributed by atoms with Crippen molar-refractivity contribution < 1.29 is 61.8 Å². The number of esters is 2. The monoisotopic (exact) mass is 1030 g/mol. The van der Waals surface area contributed by atoms with Gasteiger partial charge in [0.05, 0.1) is 26.3 Å². The topological polar surface area (TPSA) is 244 Å². The van der Waals surface area contributed by atoms with Crippen LogP contribution >= 0.6 is 31.9 Å². The highest BCUT2D eigenvalue weighted by Crippen LogP contribution is 2.23. The lowest BCUT2D eigenvalue weighted by molar-refractivity contribution is -0.155. The Morgan fingerprint density at radius 1 is 0.692 bits per heavy atom. The highest BCUT2D eigenvalue weighted by atomic mass is 79.9. The Morgan fingerprint density at radius 3 is 1.57 bits per heavy atom. The Labute approximate surface area is 387 Å². The third-order valence-corrected chi connectivity index (χ3v) is 9.58. The first kappa shape index (κ1) is 51.4. The van der Waals surface area contributed by atoms with Crippen molar-refractivity contribution in [2.45, 2.75) is 39.1 Å². The van der Waals surface area contributed by atoms with Crippen LogP contribution in [0.2, 0.25) is 0 Å². The van der Waals surface area contributed by atoms with E-state index in [4.69, 9.17) is 24.9 Å². The van der Waals surface area contributed by atoms with Crippen LogP contribution in [0, 0.1) is 11.6 Å². The molecular weight excluding hydrogens is 986 g/mol. The number of benzene rings is 4. The number of hydrogen-bond acceptors (Lipinski definition) is 15. The summed E-state index contributed by atoms with van der Waals surface area (Å²) in [4.78, 5) is 46.3. The molecule has 0 spiro atoms. The molecule has 0 saturated heterocycles. The summed E-state index contributed by atoms with van der Waals surface area (Å²) < 4.78 is 48.2. The van der Waals surface area contributed by atoms with Crippen molar-refractivity contribution in [1.29, 1.82) is 0 Å². The number of nitrogens with two attached hydrogens (primary N) is 1. The molecule has 21 heteroatoms. The van der Waals surface area contributed by atoms with Gasteiger partial charge in [0.15, 0.2) is 12.2 Å². The molecule has 0 fully saturated rings. The van der Waals surface area contributed by atoms with Gasteiger partial charge in [0.1, 0.15) is 23.0 Å². The molecule has 4 aromatic carbocycles. The standard InChI is InChI=1S/C22H21BrFN3O5.C12H17BrN2O3.C10H6FNO3/c1-2-31-22(30)19(28)13-27(12-14-7-9-15(23)10-8-14)25-21(29)20-11-18(26-32-20)16-5-3-4-6-17(16)24;1-2-18-12(17)11(16)8-15(14)7-9-3-5-10(13)6-4-9;11-7-4-2-1-3-6(7)8-5-9(10(13)14)15-12-8/h3-11,19,28H,2,12-13H2,1H3,(H,25,29);3-6,11,16H,2,7-8,14H2,1H3;1-5H,(H,13,14)/t19-;11-;/m11./s1. The summed E-state index contributed by atoms with van der Waals surface area (Å²) in [6.07, 6.45) is -2.69. The SMILES string of the molecule is CCOC(=O)[C@H](O)CN(Cc1ccc(Br)cc1)NC(=O)c1cc(-c2ccccc2F)no1.CCOC(=O)[C@H](O)CN(N)Cc1ccc(Br)cc1.O=C(O)c1cc(-c2ccccc2F)no1. The maximum atomic E-state index is 14.0. The number of rotatable bonds is 17. The molecule has 2 atom stereocenters. The average Bonchev–Trinajstić information content (AvgIpc) is 3.98. The maximum Gasteiger partial charge on any atom is 0.374 e. The summed E-state index contributed by atoms with van der Waals surface area (Å²) in [5, 5.41) is 38.3. The molecule has 65 heavy (non-hydrogen) atoms. The summed E-state index contributed by atoms with van der Waals surface area (Å²) in [7, 11) is 0. The van der Waals surface area contributed by atoms with Crippen molar-refractivity contribution in [2.75, 3.05) is 26.3 Å². The van der Waals surface area contributed by atoms with Crippen LogP contribution in [0.15, 0.2) is 127 Å². The molecule has 0 aliphatic rings. The average molecular weight is 1030 g/mol. The molecule has 0 aliphatic carbocycles. The van der Waals surface area contributed by atoms with Gasteiger partial charge in [0, 0.05) is 45.3 Å². The van der Waals surface area contributed by atoms with Gasteiger partial charge in [0.2, 0.25) is 11.5 Å². The number of amides is 1. The Balaban J connectivity index is 0.000000236. The molecule has 344 valence electrons. The number of carbonyl (C=O) groups is 4. The quantitative estimate of drug-likeness (QED) is 0.0370. The van der Waals surface area contributed by atoms with Crippen LogP contribution in [0.3, 0.4) is 0 Å². The summed E-state index contributed by atoms with van der Waals surface area (Å²) in [6.45, 7) is 4.12. The van der Waals surface area contributed by atoms with Gasteiger partial charge < -0.3 is 33.8 Å². The van der Waals surface area contributed by atoms with Gasteiger partial charge in [-0.3, -0.25) is 16.1 Å². The zero-order valence-electron chi connectivity index (χ0n) is 34.8. The summed E-state index contributed by atoms with van der Waals surface area (Å²) in [5.41, 5.74) is 5.15. The predicted molar refractivity (Wildman–Crippen MR) is 237 cm³/mol. The van der Waals surface area contributed by atoms with Crippen molar-refractivity contribution in [3.8, 4) is 22.5 Å². The number of halogens is 4. The van der Waals surface area contributed by atoms with Crippen LogP contribution in [0.4, 0.5) is 8.78 Å². The fraction of sp³-hybridized carbons (Fsp3) is 0.227. The molecule has 0 unspecified atom stereocenters. The van der Waals surface area contributed by atoms with E-state index in [9.17, 15) is 38.2 Å². The largest absolute Gasteiger partial charge is 0.475 e. The Morgan fingerprint density at radius 2 is 1.12 bits per heavy atom. The van der Waals surface area contributed by atoms with E-state index in [-0.39, 0.29) is 66.9 Å². The van der Waals surface area contributed by atoms with E-state index in [1.54, 1.807) is 32.0 Å². The lowest BCUT2D eigenvalue weighted by Crippen LogP contribution is -2.47. The maximum absolute atomic E-state index is 14.0. The van der Waals surface area contributed by atoms with Gasteiger partial charge in [-0.2, -0.15) is 0 Å². The number of hydrazine groups is 2. The Hall–Kier alpha value is -6.20. The number of aliphatic hydroxyl groups is 2. The molecule has 17 nitrogen and oxygen atoms in total. The minimum Gasteiger partial charge on any atom is -0.475 e. The molecule has 0 bridgehead atoms. The van der Waals surface area contributed by atoms with Crippen LogP contribution in [0.25, 0.3) is 22.5 Å². The number of hydrogen-bond donors (Lipinski definition) is 5. The molecule has 6 N–H and O–H groups in total. The van der Waals surface area contributed by atoms with E-state index >= 15 is 0 Å². The normalized spacial score (nSPS) is 11.7. The molecule has 0 radical (unpaired) electrons. The first-order chi connectivity index (χ1) is 31.1. The number of nitrogens with one attached hydrogen (secondary N) is 1. The summed E-state index contributed by atoms with van der Waals surface area (Å²) in [5.74, 6) is 0.940. The van der Waals surface area contributed by atoms with Gasteiger partial charge in [-0.1, -0.05) is 90.7 Å². The fourth-order valence-corrected chi connectivity index (χ4v) is 5.98. The van der Waals surface area contributed by atoms with Crippen molar-refractivity contribution in [3.63, 3.8) is 0 Å². The van der Waals surface area contributed by atoms with Crippen LogP contribution in [0.5, 0.6) is 0 Å². The molecule has 0 saturated carbocycles. The molecular formula is C44H44Br2F2N6O11. The van der Waals surface area contributed by atoms with Gasteiger partial charge >= 0.3 is 23.8 Å². The van der Waals surface area contributed by atoms with E-state index in [2.05, 4.69) is 52.1 Å². The molecule has 6 aromatic rings. The van der Waals surface area contributed by atoms with Gasteiger partial charge in [0.25, 0.3) is 0 Å². The highest BCUT2D eigenvalue weighted by molar-refractivity contribution is 9.10. The number of aromatic nitrogens is 2. The van der Waals surface area contributed by atoms with Crippen molar-refractivity contribution in [2.24, 2.45) is 5.84 Å². The third kappa shape index (κ3) is 16.7. The van der Waals surface area contributed by atoms with Crippen LogP contribution in [0.1, 0.15) is 46.1 Å². The second-order valence-corrected chi connectivity index (χ2v) is 15.3. The first-order valence-electron chi connectivity index (χ1n) is 19.5. The smallest absolute Gasteiger partial charge is 0.374 e. The molecule has 0 aliphatic heterocycles. The minimum absolute atomic E-state index is 0.0366. The molecule has 1 amide bonds. The first-order valence-corrected chi connectivity index (χ1v) is 21.1. The second-order valence-electron chi connectivity index (χ2n) is 13.5. The predicted octanol–water partition coefficient (Wildman–Crippen LogP) is 6.54. The zero-order chi connectivity index (χ0) is 47.5. The van der Waals surface area contributed by atoms with E-state index in [1.165, 1.54) is 52.5 Å². The van der Waals surface area contributed by atoms with Crippen molar-refractivity contribution in [3.05, 3.63) is 152 Å². The van der Waals surface area contributed by atoms with E-state index in [0.29, 0.717) is 6.54 Å². The van der Waals surface area contributed by atoms with Crippen LogP contribution in [-0.2, 0) is 32.2 Å². The molecule has 2 heterocycles. The van der Waals surface area contributed by atoms with Gasteiger partial charge in [-0.05, 0) is 73.5 Å². The number of carboxylic acid groups (broad SMARTS) is 1. The van der Waals surface area contributed by atoms with Crippen molar-refractivity contribution in [1.82, 2.24) is 25.8 Å². The van der Waals surface area contributed by atoms with E-state index in [0.717, 1.165) is 20.1 Å². The highest BCUT2D eigenvalue weighted by Gasteiger charge is 2.24. The molecule has 6 rings (SSSR count). The summed E-state index contributed by atoms with van der Waals surface area (Å²) in [6, 6.07) is 29.4. The third-order valence-electron chi connectivity index (χ3n) is 8.52.